The van der Waals surface area contributed by atoms with Gasteiger partial charge in [0.15, 0.2) is 0 Å². The molecule has 0 spiro atoms. The molecule has 2 heterocycles. The van der Waals surface area contributed by atoms with Crippen LogP contribution in [0, 0.1) is 5.92 Å². The van der Waals surface area contributed by atoms with E-state index in [0.29, 0.717) is 12.6 Å². The molecule has 0 radical (unpaired) electrons. The van der Waals surface area contributed by atoms with Crippen molar-refractivity contribution in [2.75, 3.05) is 18.0 Å². The fourth-order valence-corrected chi connectivity index (χ4v) is 3.62. The Morgan fingerprint density at radius 1 is 1.22 bits per heavy atom. The molecule has 1 aromatic rings. The Morgan fingerprint density at radius 3 is 2.74 bits per heavy atom. The number of carbonyl (C=O) groups excluding carboxylic acids is 1. The van der Waals surface area contributed by atoms with Gasteiger partial charge < -0.3 is 10.2 Å². The number of nitrogens with zero attached hydrogens (tertiary/aromatic N) is 3. The highest BCUT2D eigenvalue weighted by molar-refractivity contribution is 5.80. The third-order valence-corrected chi connectivity index (χ3v) is 5.06. The van der Waals surface area contributed by atoms with Gasteiger partial charge in [-0.25, -0.2) is 4.68 Å². The Balaban J connectivity index is 1.61. The summed E-state index contributed by atoms with van der Waals surface area (Å²) in [6.45, 7) is 1.55. The summed E-state index contributed by atoms with van der Waals surface area (Å²) < 4.78 is 1.32. The molecule has 6 heteroatoms. The molecular weight excluding hydrogens is 292 g/mol. The Labute approximate surface area is 136 Å². The quantitative estimate of drug-likeness (QED) is 0.916. The summed E-state index contributed by atoms with van der Waals surface area (Å²) >= 11 is 0. The van der Waals surface area contributed by atoms with Gasteiger partial charge in [-0.05, 0) is 25.7 Å². The molecule has 0 bridgehead atoms. The van der Waals surface area contributed by atoms with Gasteiger partial charge in [0.2, 0.25) is 5.91 Å². The molecule has 0 aromatic carbocycles. The predicted octanol–water partition coefficient (Wildman–Crippen LogP) is 1.45. The molecule has 1 aliphatic heterocycles. The molecule has 6 nitrogen and oxygen atoms in total. The predicted molar refractivity (Wildman–Crippen MR) is 89.4 cm³/mol. The molecule has 1 amide bonds. The molecule has 1 aromatic heterocycles. The van der Waals surface area contributed by atoms with Gasteiger partial charge in [-0.2, -0.15) is 5.10 Å². The standard InChI is InChI=1S/C17H26N4O2/c1-20-16(22)10-15(11-18-20)21-9-5-6-13(12-21)17(23)19-14-7-3-2-4-8-14/h10-11,13-14H,2-9,12H2,1H3,(H,19,23)/t13-/m1/s1. The Hall–Kier alpha value is -1.85. The number of piperidine rings is 1. The van der Waals surface area contributed by atoms with Crippen LogP contribution in [0.4, 0.5) is 5.69 Å². The van der Waals surface area contributed by atoms with Crippen molar-refractivity contribution >= 4 is 11.6 Å². The summed E-state index contributed by atoms with van der Waals surface area (Å²) in [6.07, 6.45) is 9.57. The van der Waals surface area contributed by atoms with Gasteiger partial charge in [-0.3, -0.25) is 9.59 Å². The summed E-state index contributed by atoms with van der Waals surface area (Å²) in [4.78, 5) is 26.4. The van der Waals surface area contributed by atoms with E-state index in [1.165, 1.54) is 23.9 Å². The van der Waals surface area contributed by atoms with E-state index in [2.05, 4.69) is 15.3 Å². The Morgan fingerprint density at radius 2 is 2.00 bits per heavy atom. The minimum Gasteiger partial charge on any atom is -0.369 e. The number of aryl methyl sites for hydroxylation is 1. The average molecular weight is 318 g/mol. The number of hydrogen-bond donors (Lipinski definition) is 1. The van der Waals surface area contributed by atoms with E-state index in [-0.39, 0.29) is 17.4 Å². The Bertz CT molecular complexity index is 607. The van der Waals surface area contributed by atoms with Crippen LogP contribution in [0.25, 0.3) is 0 Å². The number of amides is 1. The molecular formula is C17H26N4O2. The van der Waals surface area contributed by atoms with Crippen LogP contribution in [0.1, 0.15) is 44.9 Å². The van der Waals surface area contributed by atoms with Gasteiger partial charge >= 0.3 is 0 Å². The Kier molecular flexibility index (Phi) is 4.98. The molecule has 2 aliphatic rings. The average Bonchev–Trinajstić information content (AvgIpc) is 2.58. The first-order valence-electron chi connectivity index (χ1n) is 8.72. The van der Waals surface area contributed by atoms with Crippen molar-refractivity contribution < 1.29 is 4.79 Å². The summed E-state index contributed by atoms with van der Waals surface area (Å²) in [7, 11) is 1.64. The van der Waals surface area contributed by atoms with Crippen molar-refractivity contribution in [3.8, 4) is 0 Å². The van der Waals surface area contributed by atoms with E-state index in [4.69, 9.17) is 0 Å². The van der Waals surface area contributed by atoms with Crippen LogP contribution in [0.2, 0.25) is 0 Å². The number of aromatic nitrogens is 2. The van der Waals surface area contributed by atoms with Crippen LogP contribution in [0.15, 0.2) is 17.1 Å². The number of rotatable bonds is 3. The van der Waals surface area contributed by atoms with E-state index < -0.39 is 0 Å². The van der Waals surface area contributed by atoms with Crippen LogP contribution < -0.4 is 15.8 Å². The highest BCUT2D eigenvalue weighted by Crippen LogP contribution is 2.23. The van der Waals surface area contributed by atoms with Crippen LogP contribution in [0.3, 0.4) is 0 Å². The van der Waals surface area contributed by atoms with Crippen molar-refractivity contribution in [2.45, 2.75) is 51.0 Å². The van der Waals surface area contributed by atoms with Crippen LogP contribution in [0.5, 0.6) is 0 Å². The summed E-state index contributed by atoms with van der Waals surface area (Å²) in [5.41, 5.74) is 0.708. The summed E-state index contributed by atoms with van der Waals surface area (Å²) in [5.74, 6) is 0.188. The lowest BCUT2D eigenvalue weighted by atomic mass is 9.93. The second kappa shape index (κ2) is 7.15. The van der Waals surface area contributed by atoms with Crippen molar-refractivity contribution in [1.82, 2.24) is 15.1 Å². The maximum atomic E-state index is 12.5. The van der Waals surface area contributed by atoms with E-state index in [0.717, 1.165) is 37.9 Å². The number of anilines is 1. The van der Waals surface area contributed by atoms with E-state index in [1.54, 1.807) is 19.3 Å². The number of hydrogen-bond acceptors (Lipinski definition) is 4. The first kappa shape index (κ1) is 16.0. The zero-order valence-electron chi connectivity index (χ0n) is 13.8. The molecule has 3 rings (SSSR count). The topological polar surface area (TPSA) is 67.2 Å². The molecule has 1 N–H and O–H groups in total. The van der Waals surface area contributed by atoms with E-state index >= 15 is 0 Å². The smallest absolute Gasteiger partial charge is 0.268 e. The summed E-state index contributed by atoms with van der Waals surface area (Å²) in [6, 6.07) is 1.96. The lowest BCUT2D eigenvalue weighted by molar-refractivity contribution is -0.126. The fourth-order valence-electron chi connectivity index (χ4n) is 3.62. The fraction of sp³-hybridized carbons (Fsp3) is 0.706. The third-order valence-electron chi connectivity index (χ3n) is 5.06. The molecule has 2 fully saturated rings. The molecule has 126 valence electrons. The van der Waals surface area contributed by atoms with Crippen LogP contribution in [-0.2, 0) is 11.8 Å². The van der Waals surface area contributed by atoms with Gasteiger partial charge in [-0.1, -0.05) is 19.3 Å². The normalized spacial score (nSPS) is 22.8. The molecule has 1 aliphatic carbocycles. The highest BCUT2D eigenvalue weighted by Gasteiger charge is 2.28. The third kappa shape index (κ3) is 3.92. The van der Waals surface area contributed by atoms with Crippen LogP contribution in [-0.4, -0.2) is 34.8 Å². The van der Waals surface area contributed by atoms with Gasteiger partial charge in [0.05, 0.1) is 17.8 Å². The lowest BCUT2D eigenvalue weighted by Gasteiger charge is -2.34. The monoisotopic (exact) mass is 318 g/mol. The maximum absolute atomic E-state index is 12.5. The van der Waals surface area contributed by atoms with Crippen molar-refractivity contribution in [3.05, 3.63) is 22.6 Å². The van der Waals surface area contributed by atoms with Crippen molar-refractivity contribution in [3.63, 3.8) is 0 Å². The number of nitrogens with one attached hydrogen (secondary N) is 1. The van der Waals surface area contributed by atoms with Crippen LogP contribution >= 0.6 is 0 Å². The second-order valence-electron chi connectivity index (χ2n) is 6.80. The minimum atomic E-state index is -0.115. The molecule has 1 saturated carbocycles. The molecule has 1 atom stereocenters. The highest BCUT2D eigenvalue weighted by atomic mass is 16.2. The largest absolute Gasteiger partial charge is 0.369 e. The van der Waals surface area contributed by atoms with Gasteiger partial charge in [-0.15, -0.1) is 0 Å². The zero-order valence-corrected chi connectivity index (χ0v) is 13.8. The minimum absolute atomic E-state index is 0.00901. The maximum Gasteiger partial charge on any atom is 0.268 e. The first-order chi connectivity index (χ1) is 11.1. The van der Waals surface area contributed by atoms with Crippen molar-refractivity contribution in [2.24, 2.45) is 13.0 Å². The lowest BCUT2D eigenvalue weighted by Crippen LogP contribution is -2.46. The second-order valence-corrected chi connectivity index (χ2v) is 6.80. The van der Waals surface area contributed by atoms with E-state index in [1.807, 2.05) is 0 Å². The van der Waals surface area contributed by atoms with Gasteiger partial charge in [0.1, 0.15) is 0 Å². The van der Waals surface area contributed by atoms with Gasteiger partial charge in [0, 0.05) is 32.2 Å². The van der Waals surface area contributed by atoms with E-state index in [9.17, 15) is 9.59 Å². The van der Waals surface area contributed by atoms with Crippen molar-refractivity contribution in [1.29, 1.82) is 0 Å². The number of carbonyl (C=O) groups is 1. The first-order valence-corrected chi connectivity index (χ1v) is 8.72. The van der Waals surface area contributed by atoms with Gasteiger partial charge in [0.25, 0.3) is 5.56 Å². The molecule has 0 unspecified atom stereocenters. The SMILES string of the molecule is Cn1ncc(N2CCC[C@@H](C(=O)NC3CCCCC3)C2)cc1=O. The molecule has 1 saturated heterocycles. The molecule has 23 heavy (non-hydrogen) atoms. The summed E-state index contributed by atoms with van der Waals surface area (Å²) in [5, 5.41) is 7.31. The zero-order chi connectivity index (χ0) is 16.2.